The first-order valence-corrected chi connectivity index (χ1v) is 21.4. The van der Waals surface area contributed by atoms with Crippen LogP contribution in [-0.4, -0.2) is 9.97 Å². The number of fused-ring (bicyclic) bond motifs is 8. The Morgan fingerprint density at radius 2 is 0.600 bits per heavy atom. The normalized spacial score (nSPS) is 12.0. The maximum absolute atomic E-state index is 5.58. The predicted octanol–water partition coefficient (Wildman–Crippen LogP) is 12.4. The molecule has 0 N–H and O–H groups in total. The van der Waals surface area contributed by atoms with Gasteiger partial charge in [0.15, 0.2) is 0 Å². The Morgan fingerprint density at radius 3 is 0.867 bits per heavy atom. The summed E-state index contributed by atoms with van der Waals surface area (Å²) < 4.78 is 0. The molecule has 2 atom stereocenters. The molecular weight excluding hydrogens is 820 g/mol. The largest absolute Gasteiger partial charge is 2.00 e. The van der Waals surface area contributed by atoms with E-state index >= 15 is 0 Å². The molecule has 0 aliphatic carbocycles. The molecule has 0 saturated carbocycles. The van der Waals surface area contributed by atoms with Crippen LogP contribution in [0.1, 0.15) is 72.8 Å². The van der Waals surface area contributed by atoms with E-state index in [0.29, 0.717) is 0 Å². The molecule has 0 saturated heterocycles. The maximum Gasteiger partial charge on any atom is 2.00 e. The Morgan fingerprint density at radius 1 is 0.350 bits per heavy atom. The molecule has 4 nitrogen and oxygen atoms in total. The average Bonchev–Trinajstić information content (AvgIpc) is 3.99. The molecule has 0 amide bonds. The second-order valence-corrected chi connectivity index (χ2v) is 17.7. The summed E-state index contributed by atoms with van der Waals surface area (Å²) in [7, 11) is 5.91. The number of aryl methyl sites for hydroxylation is 9. The van der Waals surface area contributed by atoms with Crippen LogP contribution < -0.4 is 20.6 Å². The zero-order valence-electron chi connectivity index (χ0n) is 36.0. The van der Waals surface area contributed by atoms with Crippen LogP contribution in [-0.2, 0) is 19.5 Å². The second-order valence-electron chi connectivity index (χ2n) is 16.5. The molecule has 2 aliphatic heterocycles. The molecule has 3 aromatic heterocycles. The topological polar surface area (TPSA) is 54.0 Å². The Kier molecular flexibility index (Phi) is 11.2. The summed E-state index contributed by atoms with van der Waals surface area (Å²) >= 11 is 0. The fraction of sp³-hybridized carbons (Fsp3) is 0.170. The van der Waals surface area contributed by atoms with Crippen LogP contribution in [0.2, 0.25) is 0 Å². The van der Waals surface area contributed by atoms with Gasteiger partial charge in [0.25, 0.3) is 0 Å². The molecule has 9 rings (SSSR count). The van der Waals surface area contributed by atoms with Gasteiger partial charge in [0, 0.05) is 0 Å². The molecule has 4 aromatic carbocycles. The summed E-state index contributed by atoms with van der Waals surface area (Å²) in [5.74, 6) is 0. The smallest absolute Gasteiger partial charge is 0.657 e. The van der Waals surface area contributed by atoms with Gasteiger partial charge in [0.05, 0.1) is 22.8 Å². The van der Waals surface area contributed by atoms with Crippen molar-refractivity contribution in [2.75, 3.05) is 0 Å². The summed E-state index contributed by atoms with van der Waals surface area (Å²) in [6.45, 7) is 19.7. The molecule has 2 aliphatic rings. The first-order chi connectivity index (χ1) is 28.3. The minimum atomic E-state index is 0. The van der Waals surface area contributed by atoms with Crippen molar-refractivity contribution in [3.63, 3.8) is 0 Å². The van der Waals surface area contributed by atoms with Crippen molar-refractivity contribution in [1.82, 2.24) is 19.9 Å². The van der Waals surface area contributed by atoms with Gasteiger partial charge >= 0.3 is 19.5 Å². The maximum atomic E-state index is 5.58. The SMILES string of the molecule is Cc1cc(C)c(-c2c3nc(c(-c4c(C)cc(C)cc4C)c4ccc([n-]4)c(-c4c(P)cccc4P)c4nc(c(-c5c(C)cc(C)cc5C)c5ccc2[n-]5)C=C4)C=C3)c(C)c1.[Zn+2]. The van der Waals surface area contributed by atoms with Crippen LogP contribution in [0.3, 0.4) is 0 Å². The molecule has 0 fully saturated rings. The van der Waals surface area contributed by atoms with E-state index in [1.165, 1.54) is 50.1 Å². The number of rotatable bonds is 4. The van der Waals surface area contributed by atoms with Crippen LogP contribution in [0.25, 0.3) is 90.9 Å². The number of hydrogen-bond acceptors (Lipinski definition) is 2. The zero-order valence-corrected chi connectivity index (χ0v) is 41.2. The van der Waals surface area contributed by atoms with E-state index in [2.05, 4.69) is 184 Å². The molecular formula is C53H48N4P2Zn. The fourth-order valence-electron chi connectivity index (χ4n) is 9.71. The molecule has 2 unspecified atom stereocenters. The zero-order chi connectivity index (χ0) is 41.4. The molecule has 0 spiro atoms. The Balaban J connectivity index is 0.00000499. The third kappa shape index (κ3) is 7.20. The quantitative estimate of drug-likeness (QED) is 0.131. The van der Waals surface area contributed by atoms with Crippen LogP contribution in [0.15, 0.2) is 78.9 Å². The Labute approximate surface area is 371 Å². The van der Waals surface area contributed by atoms with E-state index in [4.69, 9.17) is 19.9 Å². The Hall–Kier alpha value is -5.04. The fourth-order valence-corrected chi connectivity index (χ4v) is 10.7. The standard InChI is InChI=1S/C53H48N4P2.Zn/c1-27-21-30(4)46(31(5)22-27)49-36-13-15-38(54-36)50(47-32(6)23-28(2)24-33(47)7)40-17-19-42(56-40)52(53-44(58)11-10-12-45(53)59)43-20-18-41(57-43)51(39-16-14-37(49)55-39)48-34(8)25-29(3)26-35(48)9;/h10-26H,58-59H2,1-9H3;/q-2;+2. The van der Waals surface area contributed by atoms with Crippen LogP contribution in [0.4, 0.5) is 0 Å². The summed E-state index contributed by atoms with van der Waals surface area (Å²) in [6, 6.07) is 28.6. The van der Waals surface area contributed by atoms with E-state index in [9.17, 15) is 0 Å². The van der Waals surface area contributed by atoms with Gasteiger partial charge in [-0.25, -0.2) is 9.97 Å². The van der Waals surface area contributed by atoms with Crippen molar-refractivity contribution in [3.05, 3.63) is 152 Å². The third-order valence-electron chi connectivity index (χ3n) is 11.8. The van der Waals surface area contributed by atoms with Crippen LogP contribution in [0.5, 0.6) is 0 Å². The van der Waals surface area contributed by atoms with Gasteiger partial charge in [-0.3, -0.25) is 0 Å². The van der Waals surface area contributed by atoms with Gasteiger partial charge in [0.1, 0.15) is 0 Å². The number of aromatic nitrogens is 4. The minimum absolute atomic E-state index is 0. The van der Waals surface area contributed by atoms with Gasteiger partial charge in [-0.1, -0.05) is 95.6 Å². The van der Waals surface area contributed by atoms with E-state index in [-0.39, 0.29) is 19.5 Å². The monoisotopic (exact) mass is 866 g/mol. The van der Waals surface area contributed by atoms with Crippen molar-refractivity contribution in [2.24, 2.45) is 0 Å². The first kappa shape index (κ1) is 41.7. The molecule has 292 valence electrons. The molecule has 7 heteroatoms. The molecule has 5 heterocycles. The van der Waals surface area contributed by atoms with Crippen molar-refractivity contribution in [1.29, 1.82) is 0 Å². The first-order valence-electron chi connectivity index (χ1n) is 20.2. The third-order valence-corrected chi connectivity index (χ3v) is 12.7. The van der Waals surface area contributed by atoms with Crippen molar-refractivity contribution >= 4 is 75.5 Å². The number of nitrogens with zero attached hydrogens (tertiary/aromatic N) is 4. The molecule has 7 aromatic rings. The summed E-state index contributed by atoms with van der Waals surface area (Å²) in [6.07, 6.45) is 8.66. The van der Waals surface area contributed by atoms with Crippen LogP contribution in [0, 0.1) is 62.3 Å². The van der Waals surface area contributed by atoms with E-state index in [1.54, 1.807) is 0 Å². The van der Waals surface area contributed by atoms with Gasteiger partial charge < -0.3 is 9.97 Å². The average molecular weight is 868 g/mol. The van der Waals surface area contributed by atoms with E-state index < -0.39 is 0 Å². The van der Waals surface area contributed by atoms with Gasteiger partial charge in [-0.05, 0) is 175 Å². The Bertz CT molecular complexity index is 3030. The van der Waals surface area contributed by atoms with Crippen molar-refractivity contribution in [2.45, 2.75) is 62.3 Å². The molecule has 0 radical (unpaired) electrons. The van der Waals surface area contributed by atoms with Crippen molar-refractivity contribution < 1.29 is 19.5 Å². The van der Waals surface area contributed by atoms with E-state index in [0.717, 1.165) is 100.0 Å². The summed E-state index contributed by atoms with van der Waals surface area (Å²) in [5, 5.41) is 2.16. The van der Waals surface area contributed by atoms with Gasteiger partial charge in [-0.2, -0.15) is 0 Å². The summed E-state index contributed by atoms with van der Waals surface area (Å²) in [5.41, 5.74) is 26.4. The number of hydrogen-bond donors (Lipinski definition) is 0. The predicted molar refractivity (Wildman–Crippen MR) is 260 cm³/mol. The minimum Gasteiger partial charge on any atom is -0.657 e. The van der Waals surface area contributed by atoms with Crippen molar-refractivity contribution in [3.8, 4) is 44.5 Å². The summed E-state index contributed by atoms with van der Waals surface area (Å²) in [4.78, 5) is 22.3. The van der Waals surface area contributed by atoms with E-state index in [1.807, 2.05) is 0 Å². The van der Waals surface area contributed by atoms with Gasteiger partial charge in [0.2, 0.25) is 0 Å². The van der Waals surface area contributed by atoms with Gasteiger partial charge in [-0.15, -0.1) is 40.5 Å². The van der Waals surface area contributed by atoms with Crippen LogP contribution >= 0.6 is 18.5 Å². The molecule has 8 bridgehead atoms. The molecule has 60 heavy (non-hydrogen) atoms. The number of benzene rings is 4. The second kappa shape index (κ2) is 16.1.